The number of para-hydroxylation sites is 1. The van der Waals surface area contributed by atoms with E-state index in [-0.39, 0.29) is 5.69 Å². The molecule has 1 aromatic heterocycles. The van der Waals surface area contributed by atoms with Crippen LogP contribution in [0.1, 0.15) is 16.9 Å². The highest BCUT2D eigenvalue weighted by Crippen LogP contribution is 2.41. The quantitative estimate of drug-likeness (QED) is 0.239. The van der Waals surface area contributed by atoms with Gasteiger partial charge in [0.15, 0.2) is 0 Å². The van der Waals surface area contributed by atoms with Gasteiger partial charge in [0.1, 0.15) is 22.9 Å². The number of ether oxygens (including phenoxy) is 3. The van der Waals surface area contributed by atoms with E-state index < -0.39 is 5.97 Å². The van der Waals surface area contributed by atoms with Crippen molar-refractivity contribution >= 4 is 27.6 Å². The predicted molar refractivity (Wildman–Crippen MR) is 141 cm³/mol. The number of aromatic carboxylic acids is 1. The van der Waals surface area contributed by atoms with Crippen LogP contribution >= 0.6 is 0 Å². The van der Waals surface area contributed by atoms with Crippen LogP contribution in [0.3, 0.4) is 0 Å². The highest BCUT2D eigenvalue weighted by Gasteiger charge is 2.25. The molecule has 0 bridgehead atoms. The Labute approximate surface area is 209 Å². The molecule has 0 spiro atoms. The lowest BCUT2D eigenvalue weighted by atomic mass is 10.0. The summed E-state index contributed by atoms with van der Waals surface area (Å²) in [5.74, 6) is 1.04. The Hall–Kier alpha value is -4.45. The molecule has 6 nitrogen and oxygen atoms in total. The summed E-state index contributed by atoms with van der Waals surface area (Å²) < 4.78 is 19.0. The number of aryl methyl sites for hydroxylation is 1. The molecule has 0 atom stereocenters. The molecule has 1 N–H and O–H groups in total. The smallest absolute Gasteiger partial charge is 0.353 e. The van der Waals surface area contributed by atoms with Crippen molar-refractivity contribution in [2.24, 2.45) is 0 Å². The van der Waals surface area contributed by atoms with Crippen LogP contribution in [0.4, 0.5) is 0 Å². The fourth-order valence-electron chi connectivity index (χ4n) is 4.77. The van der Waals surface area contributed by atoms with E-state index in [0.717, 1.165) is 27.4 Å². The topological polar surface area (TPSA) is 69.9 Å². The zero-order chi connectivity index (χ0) is 25.1. The average molecular weight is 482 g/mol. The first-order valence-electron chi connectivity index (χ1n) is 11.8. The van der Waals surface area contributed by atoms with E-state index in [1.807, 2.05) is 65.2 Å². The van der Waals surface area contributed by atoms with Gasteiger partial charge in [-0.05, 0) is 42.1 Å². The lowest BCUT2D eigenvalue weighted by Crippen LogP contribution is -2.12. The summed E-state index contributed by atoms with van der Waals surface area (Å²) in [4.78, 5) is 12.6. The van der Waals surface area contributed by atoms with Gasteiger partial charge < -0.3 is 23.9 Å². The number of benzene rings is 4. The molecule has 6 heteroatoms. The van der Waals surface area contributed by atoms with Crippen molar-refractivity contribution in [1.82, 2.24) is 4.57 Å². The van der Waals surface area contributed by atoms with Crippen molar-refractivity contribution in [3.63, 3.8) is 0 Å². The van der Waals surface area contributed by atoms with Gasteiger partial charge in [-0.3, -0.25) is 0 Å². The number of carboxylic acids is 1. The van der Waals surface area contributed by atoms with Gasteiger partial charge in [-0.2, -0.15) is 0 Å². The Morgan fingerprint density at radius 1 is 0.833 bits per heavy atom. The standard InChI is InChI=1S/C30H27NO5/c1-34-21-15-16-26(35-2)24(19-21)28-23-12-5-6-13-25(23)31(29(28)30(32)33)17-8-18-36-27-14-7-10-20-9-3-4-11-22(20)27/h3-7,9-16,19H,8,17-18H2,1-2H3,(H,32,33). The highest BCUT2D eigenvalue weighted by molar-refractivity contribution is 6.09. The van der Waals surface area contributed by atoms with E-state index in [1.165, 1.54) is 0 Å². The predicted octanol–water partition coefficient (Wildman–Crippen LogP) is 6.65. The highest BCUT2D eigenvalue weighted by atomic mass is 16.5. The van der Waals surface area contributed by atoms with E-state index in [4.69, 9.17) is 14.2 Å². The number of fused-ring (bicyclic) bond motifs is 2. The van der Waals surface area contributed by atoms with Gasteiger partial charge in [0.2, 0.25) is 0 Å². The molecule has 5 aromatic rings. The van der Waals surface area contributed by atoms with Crippen molar-refractivity contribution in [2.45, 2.75) is 13.0 Å². The number of hydrogen-bond donors (Lipinski definition) is 1. The van der Waals surface area contributed by atoms with Gasteiger partial charge in [-0.15, -0.1) is 0 Å². The van der Waals surface area contributed by atoms with E-state index in [2.05, 4.69) is 12.1 Å². The molecule has 0 amide bonds. The molecular formula is C30H27NO5. The minimum absolute atomic E-state index is 0.216. The molecule has 182 valence electrons. The molecule has 4 aromatic carbocycles. The van der Waals surface area contributed by atoms with Crippen LogP contribution in [0.15, 0.2) is 84.9 Å². The summed E-state index contributed by atoms with van der Waals surface area (Å²) in [6.07, 6.45) is 0.636. The Morgan fingerprint density at radius 3 is 2.36 bits per heavy atom. The Kier molecular flexibility index (Phi) is 6.50. The summed E-state index contributed by atoms with van der Waals surface area (Å²) in [6.45, 7) is 0.941. The fraction of sp³-hybridized carbons (Fsp3) is 0.167. The third kappa shape index (κ3) is 4.22. The summed E-state index contributed by atoms with van der Waals surface area (Å²) in [6, 6.07) is 27.2. The second kappa shape index (κ2) is 10.0. The van der Waals surface area contributed by atoms with Crippen LogP contribution in [0, 0.1) is 0 Å². The first-order chi connectivity index (χ1) is 17.6. The van der Waals surface area contributed by atoms with Gasteiger partial charge in [0, 0.05) is 34.0 Å². The second-order valence-electron chi connectivity index (χ2n) is 8.44. The molecular weight excluding hydrogens is 454 g/mol. The van der Waals surface area contributed by atoms with Crippen LogP contribution in [-0.4, -0.2) is 36.5 Å². The van der Waals surface area contributed by atoms with E-state index in [9.17, 15) is 9.90 Å². The molecule has 36 heavy (non-hydrogen) atoms. The number of nitrogens with zero attached hydrogens (tertiary/aromatic N) is 1. The lowest BCUT2D eigenvalue weighted by Gasteiger charge is -2.13. The number of hydrogen-bond acceptors (Lipinski definition) is 4. The van der Waals surface area contributed by atoms with E-state index in [0.29, 0.717) is 42.2 Å². The summed E-state index contributed by atoms with van der Waals surface area (Å²) in [5, 5.41) is 13.4. The number of carbonyl (C=O) groups is 1. The van der Waals surface area contributed by atoms with E-state index >= 15 is 0 Å². The maximum atomic E-state index is 12.6. The van der Waals surface area contributed by atoms with Gasteiger partial charge in [0.05, 0.1) is 20.8 Å². The van der Waals surface area contributed by atoms with Gasteiger partial charge in [-0.25, -0.2) is 4.79 Å². The third-order valence-corrected chi connectivity index (χ3v) is 6.38. The van der Waals surface area contributed by atoms with Crippen molar-refractivity contribution in [3.05, 3.63) is 90.6 Å². The number of aromatic nitrogens is 1. The van der Waals surface area contributed by atoms with E-state index in [1.54, 1.807) is 26.4 Å². The van der Waals surface area contributed by atoms with Crippen LogP contribution < -0.4 is 14.2 Å². The normalized spacial score (nSPS) is 11.1. The first kappa shape index (κ1) is 23.3. The number of methoxy groups -OCH3 is 2. The van der Waals surface area contributed by atoms with Crippen LogP contribution in [0.5, 0.6) is 17.2 Å². The van der Waals surface area contributed by atoms with Crippen molar-refractivity contribution in [2.75, 3.05) is 20.8 Å². The number of rotatable bonds is 9. The zero-order valence-corrected chi connectivity index (χ0v) is 20.2. The Morgan fingerprint density at radius 2 is 1.58 bits per heavy atom. The maximum absolute atomic E-state index is 12.6. The van der Waals surface area contributed by atoms with Crippen LogP contribution in [0.2, 0.25) is 0 Å². The Bertz CT molecular complexity index is 1550. The zero-order valence-electron chi connectivity index (χ0n) is 20.2. The summed E-state index contributed by atoms with van der Waals surface area (Å²) in [7, 11) is 3.17. The average Bonchev–Trinajstić information content (AvgIpc) is 3.25. The van der Waals surface area contributed by atoms with Crippen molar-refractivity contribution < 1.29 is 24.1 Å². The van der Waals surface area contributed by atoms with Crippen LogP contribution in [0.25, 0.3) is 32.8 Å². The van der Waals surface area contributed by atoms with Gasteiger partial charge in [-0.1, -0.05) is 54.6 Å². The van der Waals surface area contributed by atoms with Gasteiger partial charge >= 0.3 is 5.97 Å². The van der Waals surface area contributed by atoms with Crippen molar-refractivity contribution in [1.29, 1.82) is 0 Å². The SMILES string of the molecule is COc1ccc(OC)c(-c2c(C(=O)O)n(CCCOc3cccc4ccccc34)c3ccccc23)c1. The minimum atomic E-state index is -0.999. The third-order valence-electron chi connectivity index (χ3n) is 6.38. The monoisotopic (exact) mass is 481 g/mol. The molecule has 0 radical (unpaired) electrons. The summed E-state index contributed by atoms with van der Waals surface area (Å²) >= 11 is 0. The number of carboxylic acid groups (broad SMARTS) is 1. The lowest BCUT2D eigenvalue weighted by molar-refractivity contribution is 0.0686. The van der Waals surface area contributed by atoms with Crippen molar-refractivity contribution in [3.8, 4) is 28.4 Å². The molecule has 0 aliphatic carbocycles. The van der Waals surface area contributed by atoms with Gasteiger partial charge in [0.25, 0.3) is 0 Å². The summed E-state index contributed by atoms with van der Waals surface area (Å²) in [5.41, 5.74) is 2.35. The molecule has 0 saturated heterocycles. The molecule has 1 heterocycles. The fourth-order valence-corrected chi connectivity index (χ4v) is 4.77. The van der Waals surface area contributed by atoms with Crippen LogP contribution in [-0.2, 0) is 6.54 Å². The Balaban J connectivity index is 1.50. The molecule has 0 unspecified atom stereocenters. The molecule has 5 rings (SSSR count). The maximum Gasteiger partial charge on any atom is 0.353 e. The second-order valence-corrected chi connectivity index (χ2v) is 8.44. The first-order valence-corrected chi connectivity index (χ1v) is 11.8. The molecule has 0 aliphatic heterocycles. The minimum Gasteiger partial charge on any atom is -0.497 e. The molecule has 0 saturated carbocycles. The largest absolute Gasteiger partial charge is 0.497 e. The molecule has 0 fully saturated rings. The molecule has 0 aliphatic rings.